The van der Waals surface area contributed by atoms with Gasteiger partial charge in [-0.2, -0.15) is 0 Å². The Bertz CT molecular complexity index is 345. The molecule has 0 aliphatic carbocycles. The summed E-state index contributed by atoms with van der Waals surface area (Å²) in [5, 5.41) is 9.68. The Morgan fingerprint density at radius 1 is 1.60 bits per heavy atom. The van der Waals surface area contributed by atoms with E-state index in [9.17, 15) is 5.11 Å². The van der Waals surface area contributed by atoms with Crippen molar-refractivity contribution in [3.8, 4) is 0 Å². The molecule has 15 heavy (non-hydrogen) atoms. The van der Waals surface area contributed by atoms with E-state index in [1.165, 1.54) is 0 Å². The van der Waals surface area contributed by atoms with E-state index in [0.717, 1.165) is 5.82 Å². The second-order valence-electron chi connectivity index (χ2n) is 3.66. The molecule has 0 radical (unpaired) electrons. The molecule has 1 aromatic heterocycles. The number of hydrogen-bond donors (Lipinski definition) is 2. The van der Waals surface area contributed by atoms with E-state index in [1.54, 1.807) is 25.4 Å². The zero-order chi connectivity index (χ0) is 10.8. The number of methoxy groups -OCH3 is 1. The maximum atomic E-state index is 9.68. The SMILES string of the molecule is CO[C@@H]1CN(c2ncccc2N)C[C@@H]1O. The number of pyridine rings is 1. The van der Waals surface area contributed by atoms with Gasteiger partial charge in [0.1, 0.15) is 6.10 Å². The average molecular weight is 209 g/mol. The van der Waals surface area contributed by atoms with Crippen LogP contribution in [0, 0.1) is 0 Å². The molecule has 1 aromatic rings. The van der Waals surface area contributed by atoms with Crippen LogP contribution < -0.4 is 10.6 Å². The first kappa shape index (κ1) is 10.2. The maximum Gasteiger partial charge on any atom is 0.151 e. The summed E-state index contributed by atoms with van der Waals surface area (Å²) in [7, 11) is 1.60. The maximum absolute atomic E-state index is 9.68. The first-order valence-electron chi connectivity index (χ1n) is 4.88. The summed E-state index contributed by atoms with van der Waals surface area (Å²) in [6.45, 7) is 1.14. The van der Waals surface area contributed by atoms with Gasteiger partial charge >= 0.3 is 0 Å². The fourth-order valence-corrected chi connectivity index (χ4v) is 1.83. The van der Waals surface area contributed by atoms with E-state index in [2.05, 4.69) is 4.98 Å². The van der Waals surface area contributed by atoms with Gasteiger partial charge < -0.3 is 20.5 Å². The van der Waals surface area contributed by atoms with Crippen molar-refractivity contribution < 1.29 is 9.84 Å². The standard InChI is InChI=1S/C10H15N3O2/c1-15-9-6-13(5-8(9)14)10-7(11)3-2-4-12-10/h2-4,8-9,14H,5-6,11H2,1H3/t8-,9+/m0/s1. The number of aliphatic hydroxyl groups is 1. The third kappa shape index (κ3) is 1.88. The molecule has 1 fully saturated rings. The highest BCUT2D eigenvalue weighted by Gasteiger charge is 2.32. The molecular formula is C10H15N3O2. The number of ether oxygens (including phenoxy) is 1. The number of nitrogens with zero attached hydrogens (tertiary/aromatic N) is 2. The molecule has 5 nitrogen and oxygen atoms in total. The van der Waals surface area contributed by atoms with Crippen molar-refractivity contribution in [3.63, 3.8) is 0 Å². The van der Waals surface area contributed by atoms with Crippen molar-refractivity contribution in [2.24, 2.45) is 0 Å². The Morgan fingerprint density at radius 3 is 3.00 bits per heavy atom. The number of nitrogen functional groups attached to an aromatic ring is 1. The van der Waals surface area contributed by atoms with Gasteiger partial charge in [-0.3, -0.25) is 0 Å². The highest BCUT2D eigenvalue weighted by molar-refractivity contribution is 5.62. The lowest BCUT2D eigenvalue weighted by Crippen LogP contribution is -2.25. The molecule has 0 saturated carbocycles. The van der Waals surface area contributed by atoms with Crippen LogP contribution in [0.2, 0.25) is 0 Å². The van der Waals surface area contributed by atoms with Gasteiger partial charge in [-0.1, -0.05) is 0 Å². The lowest BCUT2D eigenvalue weighted by molar-refractivity contribution is 0.0217. The third-order valence-electron chi connectivity index (χ3n) is 2.66. The molecule has 2 atom stereocenters. The smallest absolute Gasteiger partial charge is 0.151 e. The van der Waals surface area contributed by atoms with Crippen molar-refractivity contribution in [3.05, 3.63) is 18.3 Å². The predicted octanol–water partition coefficient (Wildman–Crippen LogP) is -0.140. The first-order valence-corrected chi connectivity index (χ1v) is 4.88. The van der Waals surface area contributed by atoms with Crippen LogP contribution in [0.25, 0.3) is 0 Å². The summed E-state index contributed by atoms with van der Waals surface area (Å²) >= 11 is 0. The van der Waals surface area contributed by atoms with E-state index in [1.807, 2.05) is 4.90 Å². The Hall–Kier alpha value is -1.33. The second-order valence-corrected chi connectivity index (χ2v) is 3.66. The van der Waals surface area contributed by atoms with Gasteiger partial charge in [0.05, 0.1) is 11.8 Å². The number of aromatic nitrogens is 1. The number of rotatable bonds is 2. The molecule has 0 aromatic carbocycles. The minimum absolute atomic E-state index is 0.161. The van der Waals surface area contributed by atoms with Gasteiger partial charge in [-0.05, 0) is 12.1 Å². The summed E-state index contributed by atoms with van der Waals surface area (Å²) in [4.78, 5) is 6.14. The fourth-order valence-electron chi connectivity index (χ4n) is 1.83. The van der Waals surface area contributed by atoms with E-state index < -0.39 is 6.10 Å². The Morgan fingerprint density at radius 2 is 2.40 bits per heavy atom. The van der Waals surface area contributed by atoms with Gasteiger partial charge in [-0.15, -0.1) is 0 Å². The molecule has 1 aliphatic rings. The van der Waals surface area contributed by atoms with Crippen LogP contribution in [0.1, 0.15) is 0 Å². The molecule has 2 rings (SSSR count). The van der Waals surface area contributed by atoms with Crippen LogP contribution in [0.4, 0.5) is 11.5 Å². The van der Waals surface area contributed by atoms with Crippen molar-refractivity contribution >= 4 is 11.5 Å². The lowest BCUT2D eigenvalue weighted by atomic mass is 10.3. The highest BCUT2D eigenvalue weighted by atomic mass is 16.5. The van der Waals surface area contributed by atoms with E-state index in [-0.39, 0.29) is 6.10 Å². The van der Waals surface area contributed by atoms with Crippen LogP contribution in [0.15, 0.2) is 18.3 Å². The van der Waals surface area contributed by atoms with Gasteiger partial charge in [-0.25, -0.2) is 4.98 Å². The minimum Gasteiger partial charge on any atom is -0.396 e. The van der Waals surface area contributed by atoms with Crippen LogP contribution >= 0.6 is 0 Å². The number of aliphatic hydroxyl groups excluding tert-OH is 1. The van der Waals surface area contributed by atoms with Crippen molar-refractivity contribution in [1.82, 2.24) is 4.98 Å². The van der Waals surface area contributed by atoms with Crippen LogP contribution in [0.5, 0.6) is 0 Å². The predicted molar refractivity (Wildman–Crippen MR) is 57.7 cm³/mol. The average Bonchev–Trinajstić information content (AvgIpc) is 2.60. The van der Waals surface area contributed by atoms with E-state index >= 15 is 0 Å². The van der Waals surface area contributed by atoms with Crippen molar-refractivity contribution in [2.45, 2.75) is 12.2 Å². The summed E-state index contributed by atoms with van der Waals surface area (Å²) in [5.74, 6) is 0.719. The normalized spacial score (nSPS) is 25.9. The zero-order valence-electron chi connectivity index (χ0n) is 8.63. The summed E-state index contributed by atoms with van der Waals surface area (Å²) in [6.07, 6.45) is 1.06. The Kier molecular flexibility index (Phi) is 2.75. The molecule has 3 N–H and O–H groups in total. The minimum atomic E-state index is -0.476. The third-order valence-corrected chi connectivity index (χ3v) is 2.66. The van der Waals surface area contributed by atoms with Crippen LogP contribution in [0.3, 0.4) is 0 Å². The molecular weight excluding hydrogens is 194 g/mol. The van der Waals surface area contributed by atoms with Gasteiger partial charge in [0, 0.05) is 26.4 Å². The van der Waals surface area contributed by atoms with Gasteiger partial charge in [0.25, 0.3) is 0 Å². The number of anilines is 2. The number of hydrogen-bond acceptors (Lipinski definition) is 5. The topological polar surface area (TPSA) is 71.6 Å². The Labute approximate surface area is 88.5 Å². The molecule has 1 aliphatic heterocycles. The van der Waals surface area contributed by atoms with Crippen molar-refractivity contribution in [1.29, 1.82) is 0 Å². The van der Waals surface area contributed by atoms with E-state index in [0.29, 0.717) is 18.8 Å². The largest absolute Gasteiger partial charge is 0.396 e. The van der Waals surface area contributed by atoms with Crippen molar-refractivity contribution in [2.75, 3.05) is 30.8 Å². The van der Waals surface area contributed by atoms with Crippen LogP contribution in [-0.2, 0) is 4.74 Å². The number of β-amino-alcohol motifs (C(OH)–C–C–N with tert-alkyl or cyclic N) is 1. The van der Waals surface area contributed by atoms with Gasteiger partial charge in [0.15, 0.2) is 5.82 Å². The summed E-state index contributed by atoms with van der Waals surface area (Å²) in [6, 6.07) is 3.59. The zero-order valence-corrected chi connectivity index (χ0v) is 8.63. The number of nitrogens with two attached hydrogens (primary N) is 1. The fraction of sp³-hybridized carbons (Fsp3) is 0.500. The quantitative estimate of drug-likeness (QED) is 0.709. The molecule has 1 saturated heterocycles. The summed E-state index contributed by atoms with van der Waals surface area (Å²) in [5.41, 5.74) is 6.43. The van der Waals surface area contributed by atoms with Crippen LogP contribution in [-0.4, -0.2) is 42.5 Å². The molecule has 0 amide bonds. The molecule has 2 heterocycles. The first-order chi connectivity index (χ1) is 7.22. The lowest BCUT2D eigenvalue weighted by Gasteiger charge is -2.17. The molecule has 0 spiro atoms. The Balaban J connectivity index is 2.17. The monoisotopic (exact) mass is 209 g/mol. The second kappa shape index (κ2) is 4.04. The molecule has 0 bridgehead atoms. The molecule has 0 unspecified atom stereocenters. The van der Waals surface area contributed by atoms with E-state index in [4.69, 9.17) is 10.5 Å². The summed E-state index contributed by atoms with van der Waals surface area (Å²) < 4.78 is 5.15. The molecule has 82 valence electrons. The highest BCUT2D eigenvalue weighted by Crippen LogP contribution is 2.24. The molecule has 5 heteroatoms. The van der Waals surface area contributed by atoms with Gasteiger partial charge in [0.2, 0.25) is 0 Å².